The number of rotatable bonds is 6. The van der Waals surface area contributed by atoms with E-state index in [0.29, 0.717) is 39.8 Å². The fourth-order valence-electron chi connectivity index (χ4n) is 4.07. The topological polar surface area (TPSA) is 72.7 Å². The number of alkyl halides is 2. The lowest BCUT2D eigenvalue weighted by molar-refractivity contribution is 0.146. The van der Waals surface area contributed by atoms with E-state index >= 15 is 0 Å². The molecule has 0 amide bonds. The zero-order chi connectivity index (χ0) is 24.0. The molecule has 6 nitrogen and oxygen atoms in total. The Hall–Kier alpha value is -3.75. The van der Waals surface area contributed by atoms with Gasteiger partial charge in [-0.1, -0.05) is 18.2 Å². The van der Waals surface area contributed by atoms with Gasteiger partial charge in [0, 0.05) is 35.6 Å². The zero-order valence-corrected chi connectivity index (χ0v) is 18.6. The first-order chi connectivity index (χ1) is 16.3. The molecule has 1 N–H and O–H groups in total. The van der Waals surface area contributed by atoms with Gasteiger partial charge in [0.25, 0.3) is 12.0 Å². The smallest absolute Gasteiger partial charge is 0.266 e. The second-order valence-electron chi connectivity index (χ2n) is 8.52. The van der Waals surface area contributed by atoms with Crippen molar-refractivity contribution in [1.29, 1.82) is 0 Å². The molecule has 5 rings (SSSR count). The molecule has 1 aliphatic carbocycles. The average Bonchev–Trinajstić information content (AvgIpc) is 3.63. The highest BCUT2D eigenvalue weighted by atomic mass is 19.3. The Morgan fingerprint density at radius 1 is 1.12 bits per heavy atom. The Balaban J connectivity index is 1.49. The monoisotopic (exact) mass is 465 g/mol. The number of halogens is 3. The maximum atomic E-state index is 14.6. The Morgan fingerprint density at radius 3 is 2.59 bits per heavy atom. The summed E-state index contributed by atoms with van der Waals surface area (Å²) in [5, 5.41) is 3.71. The van der Waals surface area contributed by atoms with Gasteiger partial charge in [0.1, 0.15) is 17.5 Å². The summed E-state index contributed by atoms with van der Waals surface area (Å²) < 4.78 is 42.6. The lowest BCUT2D eigenvalue weighted by atomic mass is 10.0. The summed E-state index contributed by atoms with van der Waals surface area (Å²) in [6.45, 7) is 3.40. The summed E-state index contributed by atoms with van der Waals surface area (Å²) in [6.07, 6.45) is 2.53. The van der Waals surface area contributed by atoms with Crippen LogP contribution < -0.4 is 10.9 Å². The number of hydrogen-bond donors (Lipinski definition) is 1. The highest BCUT2D eigenvalue weighted by molar-refractivity contribution is 5.90. The molecule has 1 aromatic carbocycles. The number of aromatic nitrogens is 4. The molecule has 3 heterocycles. The van der Waals surface area contributed by atoms with Crippen LogP contribution in [0.2, 0.25) is 0 Å². The third kappa shape index (κ3) is 4.13. The van der Waals surface area contributed by atoms with Crippen LogP contribution in [0.25, 0.3) is 22.2 Å². The van der Waals surface area contributed by atoms with E-state index in [1.807, 2.05) is 6.07 Å². The molecule has 1 fully saturated rings. The van der Waals surface area contributed by atoms with E-state index in [-0.39, 0.29) is 11.1 Å². The van der Waals surface area contributed by atoms with E-state index < -0.39 is 23.8 Å². The van der Waals surface area contributed by atoms with Crippen molar-refractivity contribution in [2.45, 2.75) is 45.2 Å². The van der Waals surface area contributed by atoms with Crippen molar-refractivity contribution in [2.75, 3.05) is 5.32 Å². The predicted molar refractivity (Wildman–Crippen MR) is 123 cm³/mol. The zero-order valence-electron chi connectivity index (χ0n) is 18.6. The fraction of sp³-hybridized carbons (Fsp3) is 0.280. The number of benzene rings is 1. The number of anilines is 1. The molecule has 1 atom stereocenters. The molecule has 0 spiro atoms. The van der Waals surface area contributed by atoms with Gasteiger partial charge in [-0.25, -0.2) is 23.1 Å². The van der Waals surface area contributed by atoms with Crippen LogP contribution in [0.3, 0.4) is 0 Å². The fourth-order valence-corrected chi connectivity index (χ4v) is 4.07. The second-order valence-corrected chi connectivity index (χ2v) is 8.52. The maximum absolute atomic E-state index is 14.6. The molecule has 0 saturated heterocycles. The van der Waals surface area contributed by atoms with Crippen molar-refractivity contribution in [2.24, 2.45) is 0 Å². The standard InChI is InChI=1S/C25H22F3N5O/c1-13(17-4-3-5-18(23(17)26)24(27)28)30-25-19-12-29-20(11-21(19)31-14(2)32-25)15-8-9-33(16-6-7-16)22(34)10-15/h3-5,8-13,16,24H,6-7H2,1-2H3,(H,30,31,32)/t13-/m1/s1. The minimum absolute atomic E-state index is 0.0648. The van der Waals surface area contributed by atoms with Crippen LogP contribution in [-0.4, -0.2) is 19.5 Å². The summed E-state index contributed by atoms with van der Waals surface area (Å²) in [5.41, 5.74) is 1.30. The molecular weight excluding hydrogens is 443 g/mol. The Morgan fingerprint density at radius 2 is 1.88 bits per heavy atom. The van der Waals surface area contributed by atoms with Crippen LogP contribution in [0.4, 0.5) is 19.0 Å². The van der Waals surface area contributed by atoms with E-state index in [0.717, 1.165) is 18.9 Å². The molecule has 0 aliphatic heterocycles. The van der Waals surface area contributed by atoms with Gasteiger partial charge in [0.15, 0.2) is 0 Å². The average molecular weight is 465 g/mol. The van der Waals surface area contributed by atoms with Gasteiger partial charge in [-0.15, -0.1) is 0 Å². The summed E-state index contributed by atoms with van der Waals surface area (Å²) in [6, 6.07) is 8.82. The van der Waals surface area contributed by atoms with Crippen molar-refractivity contribution in [3.05, 3.63) is 81.9 Å². The predicted octanol–water partition coefficient (Wildman–Crippen LogP) is 5.75. The van der Waals surface area contributed by atoms with Crippen molar-refractivity contribution < 1.29 is 13.2 Å². The van der Waals surface area contributed by atoms with Gasteiger partial charge in [-0.3, -0.25) is 9.78 Å². The molecule has 1 saturated carbocycles. The van der Waals surface area contributed by atoms with Crippen molar-refractivity contribution in [3.8, 4) is 11.3 Å². The van der Waals surface area contributed by atoms with Crippen molar-refractivity contribution >= 4 is 16.7 Å². The van der Waals surface area contributed by atoms with Crippen molar-refractivity contribution in [1.82, 2.24) is 19.5 Å². The molecule has 0 bridgehead atoms. The van der Waals surface area contributed by atoms with Gasteiger partial charge in [0.05, 0.1) is 28.2 Å². The summed E-state index contributed by atoms with van der Waals surface area (Å²) in [5.74, 6) is -0.0423. The first-order valence-electron chi connectivity index (χ1n) is 11.0. The number of fused-ring (bicyclic) bond motifs is 1. The lowest BCUT2D eigenvalue weighted by Crippen LogP contribution is -2.17. The van der Waals surface area contributed by atoms with E-state index in [1.165, 1.54) is 12.1 Å². The highest BCUT2D eigenvalue weighted by Crippen LogP contribution is 2.34. The van der Waals surface area contributed by atoms with Crippen LogP contribution in [0.1, 0.15) is 55.2 Å². The van der Waals surface area contributed by atoms with E-state index in [9.17, 15) is 18.0 Å². The summed E-state index contributed by atoms with van der Waals surface area (Å²) in [7, 11) is 0. The quantitative estimate of drug-likeness (QED) is 0.393. The van der Waals surface area contributed by atoms with Crippen LogP contribution in [-0.2, 0) is 0 Å². The minimum Gasteiger partial charge on any atom is -0.363 e. The molecule has 4 aromatic rings. The van der Waals surface area contributed by atoms with Gasteiger partial charge in [-0.05, 0) is 38.8 Å². The Labute approximate surface area is 193 Å². The first-order valence-corrected chi connectivity index (χ1v) is 11.0. The van der Waals surface area contributed by atoms with Gasteiger partial charge >= 0.3 is 0 Å². The maximum Gasteiger partial charge on any atom is 0.266 e. The molecule has 0 radical (unpaired) electrons. The second kappa shape index (κ2) is 8.55. The third-order valence-electron chi connectivity index (χ3n) is 5.99. The first kappa shape index (κ1) is 22.1. The third-order valence-corrected chi connectivity index (χ3v) is 5.99. The molecule has 3 aromatic heterocycles. The number of pyridine rings is 2. The number of aryl methyl sites for hydroxylation is 1. The highest BCUT2D eigenvalue weighted by Gasteiger charge is 2.24. The van der Waals surface area contributed by atoms with E-state index in [1.54, 1.807) is 42.9 Å². The molecular formula is C25H22F3N5O. The SMILES string of the molecule is Cc1nc(N[C@H](C)c2cccc(C(F)F)c2F)c2cnc(-c3ccn(C4CC4)c(=O)c3)cc2n1. The van der Waals surface area contributed by atoms with Gasteiger partial charge < -0.3 is 9.88 Å². The number of nitrogens with one attached hydrogen (secondary N) is 1. The largest absolute Gasteiger partial charge is 0.363 e. The molecule has 174 valence electrons. The minimum atomic E-state index is -2.90. The van der Waals surface area contributed by atoms with E-state index in [2.05, 4.69) is 20.3 Å². The van der Waals surface area contributed by atoms with Crippen LogP contribution in [0, 0.1) is 12.7 Å². The van der Waals surface area contributed by atoms with Gasteiger partial charge in [0.2, 0.25) is 0 Å². The van der Waals surface area contributed by atoms with Crippen LogP contribution >= 0.6 is 0 Å². The van der Waals surface area contributed by atoms with Crippen LogP contribution in [0.5, 0.6) is 0 Å². The molecule has 0 unspecified atom stereocenters. The number of hydrogen-bond acceptors (Lipinski definition) is 5. The Bertz CT molecular complexity index is 1450. The van der Waals surface area contributed by atoms with Gasteiger partial charge in [-0.2, -0.15) is 0 Å². The normalized spacial score (nSPS) is 14.5. The van der Waals surface area contributed by atoms with E-state index in [4.69, 9.17) is 0 Å². The molecule has 9 heteroatoms. The Kier molecular flexibility index (Phi) is 5.55. The van der Waals surface area contributed by atoms with Crippen LogP contribution in [0.15, 0.2) is 53.6 Å². The lowest BCUT2D eigenvalue weighted by Gasteiger charge is -2.18. The molecule has 1 aliphatic rings. The summed E-state index contributed by atoms with van der Waals surface area (Å²) >= 11 is 0. The summed E-state index contributed by atoms with van der Waals surface area (Å²) in [4.78, 5) is 25.8. The number of nitrogens with zero attached hydrogens (tertiary/aromatic N) is 4. The van der Waals surface area contributed by atoms with Crippen molar-refractivity contribution in [3.63, 3.8) is 0 Å². The molecule has 34 heavy (non-hydrogen) atoms.